The quantitative estimate of drug-likeness (QED) is 0.712. The zero-order valence-corrected chi connectivity index (χ0v) is 9.48. The fraction of sp³-hybridized carbons (Fsp3) is 0.800. The maximum absolute atomic E-state index is 10.1. The molecule has 0 aliphatic rings. The monoisotopic (exact) mass is 212 g/mol. The van der Waals surface area contributed by atoms with Gasteiger partial charge in [-0.05, 0) is 12.8 Å². The molecule has 1 unspecified atom stereocenters. The third-order valence-corrected chi connectivity index (χ3v) is 2.66. The molecule has 0 aliphatic heterocycles. The van der Waals surface area contributed by atoms with Gasteiger partial charge in [0, 0.05) is 19.5 Å². The molecule has 0 amide bonds. The summed E-state index contributed by atoms with van der Waals surface area (Å²) >= 11 is 0. The van der Waals surface area contributed by atoms with Crippen LogP contribution in [0.15, 0.2) is 6.33 Å². The fourth-order valence-electron chi connectivity index (χ4n) is 1.46. The van der Waals surface area contributed by atoms with Crippen molar-refractivity contribution in [3.8, 4) is 0 Å². The second-order valence-electron chi connectivity index (χ2n) is 3.86. The molecule has 1 aromatic heterocycles. The Bertz CT molecular complexity index is 293. The largest absolute Gasteiger partial charge is 0.388 e. The molecule has 15 heavy (non-hydrogen) atoms. The summed E-state index contributed by atoms with van der Waals surface area (Å²) in [6.45, 7) is 5.09. The second-order valence-corrected chi connectivity index (χ2v) is 3.86. The number of aromatic nitrogens is 3. The van der Waals surface area contributed by atoms with Gasteiger partial charge in [0.05, 0.1) is 5.60 Å². The second kappa shape index (κ2) is 5.23. The van der Waals surface area contributed by atoms with Crippen LogP contribution in [0.1, 0.15) is 32.5 Å². The highest BCUT2D eigenvalue weighted by Crippen LogP contribution is 2.14. The van der Waals surface area contributed by atoms with Crippen LogP contribution in [-0.4, -0.2) is 32.0 Å². The van der Waals surface area contributed by atoms with Crippen molar-refractivity contribution in [3.05, 3.63) is 12.2 Å². The lowest BCUT2D eigenvalue weighted by atomic mass is 9.96. The summed E-state index contributed by atoms with van der Waals surface area (Å²) in [5, 5.41) is 14.2. The van der Waals surface area contributed by atoms with Gasteiger partial charge in [-0.25, -0.2) is 4.98 Å². The minimum absolute atomic E-state index is 0.252. The van der Waals surface area contributed by atoms with Crippen LogP contribution in [-0.2, 0) is 13.0 Å². The first-order valence-electron chi connectivity index (χ1n) is 5.44. The lowest BCUT2D eigenvalue weighted by Gasteiger charge is -2.24. The Balaban J connectivity index is 2.74. The van der Waals surface area contributed by atoms with Crippen molar-refractivity contribution in [2.24, 2.45) is 5.73 Å². The molecule has 0 aromatic carbocycles. The van der Waals surface area contributed by atoms with Gasteiger partial charge in [0.15, 0.2) is 0 Å². The molecule has 1 rings (SSSR count). The van der Waals surface area contributed by atoms with E-state index in [-0.39, 0.29) is 6.54 Å². The number of hydrogen-bond acceptors (Lipinski definition) is 4. The molecular formula is C10H20N4O. The molecule has 0 bridgehead atoms. The van der Waals surface area contributed by atoms with Gasteiger partial charge >= 0.3 is 0 Å². The predicted molar refractivity (Wildman–Crippen MR) is 58.3 cm³/mol. The molecule has 1 heterocycles. The van der Waals surface area contributed by atoms with E-state index in [1.807, 2.05) is 11.6 Å². The number of hydrogen-bond donors (Lipinski definition) is 2. The zero-order chi connectivity index (χ0) is 11.3. The smallest absolute Gasteiger partial charge is 0.138 e. The molecule has 1 atom stereocenters. The first-order chi connectivity index (χ1) is 7.15. The van der Waals surface area contributed by atoms with Gasteiger partial charge in [-0.2, -0.15) is 5.10 Å². The number of nitrogens with zero attached hydrogens (tertiary/aromatic N) is 3. The van der Waals surface area contributed by atoms with Crippen LogP contribution >= 0.6 is 0 Å². The predicted octanol–water partition coefficient (Wildman–Crippen LogP) is 0.330. The average molecular weight is 212 g/mol. The first kappa shape index (κ1) is 12.1. The van der Waals surface area contributed by atoms with Crippen molar-refractivity contribution in [3.63, 3.8) is 0 Å². The molecule has 1 aromatic rings. The normalized spacial score (nSPS) is 15.2. The standard InChI is InChI=1S/C10H20N4O/c1-3-5-14-9(12-8-13-14)6-10(15,4-2)7-11/h8,15H,3-7,11H2,1-2H3. The number of nitrogens with two attached hydrogens (primary N) is 1. The Morgan fingerprint density at radius 1 is 1.53 bits per heavy atom. The summed E-state index contributed by atoms with van der Waals surface area (Å²) in [6.07, 6.45) is 3.63. The minimum atomic E-state index is -0.849. The summed E-state index contributed by atoms with van der Waals surface area (Å²) in [5.41, 5.74) is 4.70. The first-order valence-corrected chi connectivity index (χ1v) is 5.44. The van der Waals surface area contributed by atoms with Crippen LogP contribution in [0.25, 0.3) is 0 Å². The molecular weight excluding hydrogens is 192 g/mol. The lowest BCUT2D eigenvalue weighted by molar-refractivity contribution is 0.0425. The molecule has 0 spiro atoms. The Hall–Kier alpha value is -0.940. The van der Waals surface area contributed by atoms with Crippen LogP contribution < -0.4 is 5.73 Å². The summed E-state index contributed by atoms with van der Waals surface area (Å²) < 4.78 is 1.83. The van der Waals surface area contributed by atoms with Gasteiger partial charge in [-0.3, -0.25) is 4.68 Å². The molecule has 86 valence electrons. The van der Waals surface area contributed by atoms with Gasteiger partial charge in [-0.15, -0.1) is 0 Å². The lowest BCUT2D eigenvalue weighted by Crippen LogP contribution is -2.40. The van der Waals surface area contributed by atoms with E-state index in [1.54, 1.807) is 0 Å². The van der Waals surface area contributed by atoms with Gasteiger partial charge in [-0.1, -0.05) is 13.8 Å². The summed E-state index contributed by atoms with van der Waals surface area (Å²) in [6, 6.07) is 0. The minimum Gasteiger partial charge on any atom is -0.388 e. The van der Waals surface area contributed by atoms with Crippen LogP contribution in [0.2, 0.25) is 0 Å². The van der Waals surface area contributed by atoms with Crippen molar-refractivity contribution >= 4 is 0 Å². The summed E-state index contributed by atoms with van der Waals surface area (Å²) in [4.78, 5) is 4.15. The number of rotatable bonds is 6. The van der Waals surface area contributed by atoms with E-state index >= 15 is 0 Å². The third kappa shape index (κ3) is 3.00. The van der Waals surface area contributed by atoms with E-state index in [9.17, 15) is 5.11 Å². The highest BCUT2D eigenvalue weighted by atomic mass is 16.3. The average Bonchev–Trinajstić information content (AvgIpc) is 2.66. The van der Waals surface area contributed by atoms with Crippen molar-refractivity contribution in [2.45, 2.75) is 45.3 Å². The van der Waals surface area contributed by atoms with E-state index in [4.69, 9.17) is 5.73 Å². The fourth-order valence-corrected chi connectivity index (χ4v) is 1.46. The summed E-state index contributed by atoms with van der Waals surface area (Å²) in [5.74, 6) is 0.812. The van der Waals surface area contributed by atoms with Gasteiger partial charge < -0.3 is 10.8 Å². The molecule has 5 heteroatoms. The maximum atomic E-state index is 10.1. The summed E-state index contributed by atoms with van der Waals surface area (Å²) in [7, 11) is 0. The Morgan fingerprint density at radius 2 is 2.27 bits per heavy atom. The zero-order valence-electron chi connectivity index (χ0n) is 9.48. The molecule has 0 aliphatic carbocycles. The third-order valence-electron chi connectivity index (χ3n) is 2.66. The van der Waals surface area contributed by atoms with Crippen LogP contribution in [0.4, 0.5) is 0 Å². The number of aryl methyl sites for hydroxylation is 1. The molecule has 5 nitrogen and oxygen atoms in total. The maximum Gasteiger partial charge on any atom is 0.138 e. The number of aliphatic hydroxyl groups is 1. The highest BCUT2D eigenvalue weighted by Gasteiger charge is 2.25. The van der Waals surface area contributed by atoms with Gasteiger partial charge in [0.1, 0.15) is 12.2 Å². The van der Waals surface area contributed by atoms with Crippen molar-refractivity contribution in [1.29, 1.82) is 0 Å². The molecule has 0 saturated carbocycles. The van der Waals surface area contributed by atoms with Gasteiger partial charge in [0.25, 0.3) is 0 Å². The topological polar surface area (TPSA) is 77.0 Å². The van der Waals surface area contributed by atoms with E-state index in [0.29, 0.717) is 12.8 Å². The van der Waals surface area contributed by atoms with Crippen LogP contribution in [0.5, 0.6) is 0 Å². The van der Waals surface area contributed by atoms with Crippen molar-refractivity contribution < 1.29 is 5.11 Å². The Kier molecular flexibility index (Phi) is 4.23. The van der Waals surface area contributed by atoms with E-state index in [1.165, 1.54) is 6.33 Å². The van der Waals surface area contributed by atoms with Crippen molar-refractivity contribution in [2.75, 3.05) is 6.54 Å². The molecule has 3 N–H and O–H groups in total. The van der Waals surface area contributed by atoms with Crippen LogP contribution in [0, 0.1) is 0 Å². The van der Waals surface area contributed by atoms with Crippen LogP contribution in [0.3, 0.4) is 0 Å². The Labute approximate surface area is 90.3 Å². The highest BCUT2D eigenvalue weighted by molar-refractivity contribution is 4.94. The SMILES string of the molecule is CCCn1ncnc1CC(O)(CC)CN. The van der Waals surface area contributed by atoms with E-state index < -0.39 is 5.60 Å². The van der Waals surface area contributed by atoms with E-state index in [2.05, 4.69) is 17.0 Å². The molecule has 0 saturated heterocycles. The van der Waals surface area contributed by atoms with E-state index in [0.717, 1.165) is 18.8 Å². The molecule has 0 radical (unpaired) electrons. The Morgan fingerprint density at radius 3 is 2.80 bits per heavy atom. The van der Waals surface area contributed by atoms with Crippen molar-refractivity contribution in [1.82, 2.24) is 14.8 Å². The molecule has 0 fully saturated rings. The van der Waals surface area contributed by atoms with Gasteiger partial charge in [0.2, 0.25) is 0 Å².